The second-order valence-electron chi connectivity index (χ2n) is 5.79. The van der Waals surface area contributed by atoms with Crippen molar-refractivity contribution in [3.63, 3.8) is 0 Å². The third-order valence-electron chi connectivity index (χ3n) is 4.17. The van der Waals surface area contributed by atoms with Gasteiger partial charge in [0.1, 0.15) is 5.65 Å². The summed E-state index contributed by atoms with van der Waals surface area (Å²) in [5, 5.41) is 0.940. The van der Waals surface area contributed by atoms with E-state index in [1.54, 1.807) is 35.6 Å². The Morgan fingerprint density at radius 3 is 2.52 bits per heavy atom. The Balaban J connectivity index is 1.83. The van der Waals surface area contributed by atoms with Gasteiger partial charge in [-0.2, -0.15) is 0 Å². The Morgan fingerprint density at radius 1 is 0.880 bits per heavy atom. The molecule has 25 heavy (non-hydrogen) atoms. The van der Waals surface area contributed by atoms with Gasteiger partial charge in [0.05, 0.1) is 11.9 Å². The fourth-order valence-corrected chi connectivity index (χ4v) is 2.93. The van der Waals surface area contributed by atoms with Gasteiger partial charge in [0.2, 0.25) is 0 Å². The number of aryl methyl sites for hydroxylation is 2. The number of hydrogen-bond donors (Lipinski definition) is 0. The van der Waals surface area contributed by atoms with E-state index < -0.39 is 0 Å². The van der Waals surface area contributed by atoms with Gasteiger partial charge < -0.3 is 0 Å². The minimum absolute atomic E-state index is 0.0479. The van der Waals surface area contributed by atoms with Gasteiger partial charge in [0.15, 0.2) is 0 Å². The molecule has 0 bridgehead atoms. The molecule has 4 aromatic heterocycles. The molecule has 0 spiro atoms. The molecule has 0 fully saturated rings. The fourth-order valence-electron chi connectivity index (χ4n) is 2.93. The minimum atomic E-state index is -0.0479. The molecule has 0 amide bonds. The van der Waals surface area contributed by atoms with Gasteiger partial charge in [-0.3, -0.25) is 19.3 Å². The van der Waals surface area contributed by atoms with Crippen LogP contribution in [0.4, 0.5) is 0 Å². The highest BCUT2D eigenvalue weighted by atomic mass is 16.1. The summed E-state index contributed by atoms with van der Waals surface area (Å²) in [6, 6.07) is 13.4. The Bertz CT molecular complexity index is 1060. The largest absolute Gasteiger partial charge is 0.269 e. The summed E-state index contributed by atoms with van der Waals surface area (Å²) >= 11 is 0. The van der Waals surface area contributed by atoms with Crippen molar-refractivity contribution >= 4 is 11.0 Å². The lowest BCUT2D eigenvalue weighted by molar-refractivity contribution is 0.899. The van der Waals surface area contributed by atoms with Crippen LogP contribution in [0.1, 0.15) is 11.1 Å². The summed E-state index contributed by atoms with van der Waals surface area (Å²) in [6.45, 7) is 0. The molecule has 0 saturated carbocycles. The number of fused-ring (bicyclic) bond motifs is 1. The summed E-state index contributed by atoms with van der Waals surface area (Å²) < 4.78 is 1.64. The maximum Gasteiger partial charge on any atom is 0.260 e. The van der Waals surface area contributed by atoms with E-state index in [2.05, 4.69) is 15.0 Å². The SMILES string of the molecule is O=c1c(CCc2ccncc2)cc2cccnc2n1-c1cccnc1. The van der Waals surface area contributed by atoms with E-state index in [4.69, 9.17) is 0 Å². The van der Waals surface area contributed by atoms with Gasteiger partial charge in [-0.1, -0.05) is 0 Å². The molecule has 0 N–H and O–H groups in total. The maximum atomic E-state index is 13.1. The first-order chi connectivity index (χ1) is 12.3. The third kappa shape index (κ3) is 3.04. The van der Waals surface area contributed by atoms with Crippen LogP contribution in [-0.2, 0) is 12.8 Å². The van der Waals surface area contributed by atoms with Crippen molar-refractivity contribution in [2.45, 2.75) is 12.8 Å². The zero-order chi connectivity index (χ0) is 17.1. The van der Waals surface area contributed by atoms with E-state index in [-0.39, 0.29) is 5.56 Å². The number of rotatable bonds is 4. The summed E-state index contributed by atoms with van der Waals surface area (Å²) in [4.78, 5) is 25.7. The van der Waals surface area contributed by atoms with E-state index in [0.29, 0.717) is 12.1 Å². The second-order valence-corrected chi connectivity index (χ2v) is 5.79. The van der Waals surface area contributed by atoms with Crippen LogP contribution in [-0.4, -0.2) is 19.5 Å². The molecule has 0 unspecified atom stereocenters. The second kappa shape index (κ2) is 6.65. The average Bonchev–Trinajstić information content (AvgIpc) is 2.68. The fraction of sp³-hybridized carbons (Fsp3) is 0.100. The van der Waals surface area contributed by atoms with Crippen molar-refractivity contribution in [1.82, 2.24) is 19.5 Å². The predicted molar refractivity (Wildman–Crippen MR) is 96.8 cm³/mol. The lowest BCUT2D eigenvalue weighted by atomic mass is 10.1. The summed E-state index contributed by atoms with van der Waals surface area (Å²) in [7, 11) is 0. The highest BCUT2D eigenvalue weighted by molar-refractivity contribution is 5.77. The third-order valence-corrected chi connectivity index (χ3v) is 4.17. The van der Waals surface area contributed by atoms with Crippen LogP contribution in [0, 0.1) is 0 Å². The Hall–Kier alpha value is -3.34. The van der Waals surface area contributed by atoms with Gasteiger partial charge in [-0.15, -0.1) is 0 Å². The molecular weight excluding hydrogens is 312 g/mol. The van der Waals surface area contributed by atoms with E-state index in [9.17, 15) is 4.79 Å². The molecule has 5 heteroatoms. The van der Waals surface area contributed by atoms with E-state index in [0.717, 1.165) is 28.6 Å². The first kappa shape index (κ1) is 15.2. The van der Waals surface area contributed by atoms with Crippen molar-refractivity contribution in [1.29, 1.82) is 0 Å². The number of aromatic nitrogens is 4. The molecule has 0 aliphatic rings. The molecule has 0 radical (unpaired) electrons. The summed E-state index contributed by atoms with van der Waals surface area (Å²) in [5.74, 6) is 0. The summed E-state index contributed by atoms with van der Waals surface area (Å²) in [5.41, 5.74) is 3.25. The lowest BCUT2D eigenvalue weighted by Gasteiger charge is -2.12. The highest BCUT2D eigenvalue weighted by Gasteiger charge is 2.12. The normalized spacial score (nSPS) is 10.9. The smallest absolute Gasteiger partial charge is 0.260 e. The van der Waals surface area contributed by atoms with Crippen LogP contribution in [0.3, 0.4) is 0 Å². The van der Waals surface area contributed by atoms with Crippen LogP contribution in [0.5, 0.6) is 0 Å². The van der Waals surface area contributed by atoms with Gasteiger partial charge in [0.25, 0.3) is 5.56 Å². The number of pyridine rings is 4. The Labute approximate surface area is 144 Å². The monoisotopic (exact) mass is 328 g/mol. The Morgan fingerprint density at radius 2 is 1.72 bits per heavy atom. The molecule has 122 valence electrons. The van der Waals surface area contributed by atoms with Crippen molar-refractivity contribution in [2.24, 2.45) is 0 Å². The molecular formula is C20H16N4O. The first-order valence-corrected chi connectivity index (χ1v) is 8.12. The van der Waals surface area contributed by atoms with Gasteiger partial charge in [0, 0.05) is 35.7 Å². The highest BCUT2D eigenvalue weighted by Crippen LogP contribution is 2.16. The zero-order valence-electron chi connectivity index (χ0n) is 13.5. The minimum Gasteiger partial charge on any atom is -0.269 e. The van der Waals surface area contributed by atoms with Crippen LogP contribution >= 0.6 is 0 Å². The van der Waals surface area contributed by atoms with Crippen LogP contribution < -0.4 is 5.56 Å². The quantitative estimate of drug-likeness (QED) is 0.578. The van der Waals surface area contributed by atoms with Crippen molar-refractivity contribution in [3.8, 4) is 5.69 Å². The van der Waals surface area contributed by atoms with Crippen molar-refractivity contribution in [2.75, 3.05) is 0 Å². The molecule has 0 aromatic carbocycles. The lowest BCUT2D eigenvalue weighted by Crippen LogP contribution is -2.23. The molecule has 0 aliphatic heterocycles. The van der Waals surface area contributed by atoms with Gasteiger partial charge in [-0.25, -0.2) is 4.98 Å². The van der Waals surface area contributed by atoms with E-state index >= 15 is 0 Å². The van der Waals surface area contributed by atoms with Gasteiger partial charge >= 0.3 is 0 Å². The topological polar surface area (TPSA) is 60.7 Å². The Kier molecular flexibility index (Phi) is 4.04. The molecule has 5 nitrogen and oxygen atoms in total. The standard InChI is InChI=1S/C20H16N4O/c25-20-17(6-5-15-7-11-21-12-8-15)13-16-3-1-10-23-19(16)24(20)18-4-2-9-22-14-18/h1-4,7-14H,5-6H2. The molecule has 0 saturated heterocycles. The molecule has 4 aromatic rings. The number of hydrogen-bond acceptors (Lipinski definition) is 4. The van der Waals surface area contributed by atoms with Crippen molar-refractivity contribution in [3.05, 3.63) is 94.9 Å². The molecule has 0 aliphatic carbocycles. The average molecular weight is 328 g/mol. The summed E-state index contributed by atoms with van der Waals surface area (Å²) in [6.07, 6.45) is 10.1. The van der Waals surface area contributed by atoms with Crippen LogP contribution in [0.15, 0.2) is 78.2 Å². The van der Waals surface area contributed by atoms with Crippen LogP contribution in [0.2, 0.25) is 0 Å². The first-order valence-electron chi connectivity index (χ1n) is 8.12. The maximum absolute atomic E-state index is 13.1. The predicted octanol–water partition coefficient (Wildman–Crippen LogP) is 2.96. The molecule has 4 rings (SSSR count). The molecule has 0 atom stereocenters. The van der Waals surface area contributed by atoms with Crippen LogP contribution in [0.25, 0.3) is 16.7 Å². The van der Waals surface area contributed by atoms with Crippen molar-refractivity contribution < 1.29 is 0 Å². The molecule has 4 heterocycles. The van der Waals surface area contributed by atoms with Gasteiger partial charge in [-0.05, 0) is 60.9 Å². The van der Waals surface area contributed by atoms with E-state index in [1.165, 1.54) is 0 Å². The zero-order valence-corrected chi connectivity index (χ0v) is 13.5. The number of nitrogens with zero attached hydrogens (tertiary/aromatic N) is 4. The van der Waals surface area contributed by atoms with E-state index in [1.807, 2.05) is 42.5 Å².